The van der Waals surface area contributed by atoms with Gasteiger partial charge < -0.3 is 14.0 Å². The zero-order chi connectivity index (χ0) is 17.3. The fourth-order valence-corrected chi connectivity index (χ4v) is 2.36. The highest BCUT2D eigenvalue weighted by molar-refractivity contribution is 9.10. The molecular weight excluding hydrogens is 384 g/mol. The first kappa shape index (κ1) is 19.5. The minimum Gasteiger partial charge on any atom is -0.485 e. The van der Waals surface area contributed by atoms with Crippen LogP contribution in [-0.4, -0.2) is 26.4 Å². The first-order chi connectivity index (χ1) is 10.9. The SMILES string of the molecule is CCO.CS(=O)(=O)Oc1cc(Br)ccc1OCc1ccccc1. The van der Waals surface area contributed by atoms with Crippen LogP contribution in [0.3, 0.4) is 0 Å². The van der Waals surface area contributed by atoms with Gasteiger partial charge in [-0.05, 0) is 30.7 Å². The lowest BCUT2D eigenvalue weighted by Crippen LogP contribution is -2.07. The van der Waals surface area contributed by atoms with Crippen molar-refractivity contribution >= 4 is 26.0 Å². The molecule has 0 unspecified atom stereocenters. The number of aliphatic hydroxyl groups is 1. The monoisotopic (exact) mass is 402 g/mol. The Kier molecular flexibility index (Phi) is 8.08. The van der Waals surface area contributed by atoms with Crippen LogP contribution in [0.4, 0.5) is 0 Å². The summed E-state index contributed by atoms with van der Waals surface area (Å²) in [7, 11) is -3.60. The van der Waals surface area contributed by atoms with E-state index in [1.165, 1.54) is 0 Å². The lowest BCUT2D eigenvalue weighted by molar-refractivity contribution is 0.296. The molecular formula is C16H19BrO5S. The summed E-state index contributed by atoms with van der Waals surface area (Å²) in [5.41, 5.74) is 0.987. The van der Waals surface area contributed by atoms with Crippen LogP contribution in [0.15, 0.2) is 53.0 Å². The van der Waals surface area contributed by atoms with Gasteiger partial charge in [-0.2, -0.15) is 8.42 Å². The molecule has 5 nitrogen and oxygen atoms in total. The predicted molar refractivity (Wildman–Crippen MR) is 93.1 cm³/mol. The molecule has 0 heterocycles. The van der Waals surface area contributed by atoms with Gasteiger partial charge in [0.2, 0.25) is 0 Å². The third kappa shape index (κ3) is 8.01. The molecule has 2 aromatic carbocycles. The van der Waals surface area contributed by atoms with Gasteiger partial charge in [0.25, 0.3) is 0 Å². The van der Waals surface area contributed by atoms with Gasteiger partial charge in [-0.3, -0.25) is 0 Å². The summed E-state index contributed by atoms with van der Waals surface area (Å²) in [6.07, 6.45) is 0.995. The molecule has 126 valence electrons. The smallest absolute Gasteiger partial charge is 0.306 e. The van der Waals surface area contributed by atoms with Crippen LogP contribution in [0.25, 0.3) is 0 Å². The van der Waals surface area contributed by atoms with E-state index in [-0.39, 0.29) is 12.4 Å². The molecule has 0 aliphatic heterocycles. The van der Waals surface area contributed by atoms with Gasteiger partial charge in [0.15, 0.2) is 11.5 Å². The van der Waals surface area contributed by atoms with Crippen LogP contribution in [0.2, 0.25) is 0 Å². The summed E-state index contributed by atoms with van der Waals surface area (Å²) in [5, 5.41) is 7.57. The zero-order valence-corrected chi connectivity index (χ0v) is 15.3. The summed E-state index contributed by atoms with van der Waals surface area (Å²) in [6, 6.07) is 14.6. The minimum atomic E-state index is -3.60. The number of rotatable bonds is 5. The largest absolute Gasteiger partial charge is 0.485 e. The quantitative estimate of drug-likeness (QED) is 0.776. The van der Waals surface area contributed by atoms with Gasteiger partial charge in [-0.1, -0.05) is 46.3 Å². The molecule has 1 N–H and O–H groups in total. The molecule has 0 aromatic heterocycles. The Morgan fingerprint density at radius 3 is 2.26 bits per heavy atom. The highest BCUT2D eigenvalue weighted by Gasteiger charge is 2.12. The molecule has 2 rings (SSSR count). The molecule has 2 aromatic rings. The fraction of sp³-hybridized carbons (Fsp3) is 0.250. The van der Waals surface area contributed by atoms with Crippen molar-refractivity contribution in [3.63, 3.8) is 0 Å². The second kappa shape index (κ2) is 9.54. The number of benzene rings is 2. The Labute approximate surface area is 145 Å². The van der Waals surface area contributed by atoms with Crippen molar-refractivity contribution in [2.45, 2.75) is 13.5 Å². The number of aliphatic hydroxyl groups excluding tert-OH is 1. The minimum absolute atomic E-state index is 0.165. The molecule has 0 amide bonds. The third-order valence-corrected chi connectivity index (χ3v) is 3.36. The van der Waals surface area contributed by atoms with E-state index in [0.29, 0.717) is 16.8 Å². The van der Waals surface area contributed by atoms with Crippen LogP contribution < -0.4 is 8.92 Å². The molecule has 0 aliphatic carbocycles. The number of ether oxygens (including phenoxy) is 1. The summed E-state index contributed by atoms with van der Waals surface area (Å²) in [5.74, 6) is 0.542. The Bertz CT molecular complexity index is 702. The number of hydrogen-bond acceptors (Lipinski definition) is 5. The Balaban J connectivity index is 0.000000816. The normalized spacial score (nSPS) is 10.4. The summed E-state index contributed by atoms with van der Waals surface area (Å²) in [6.45, 7) is 2.27. The van der Waals surface area contributed by atoms with Crippen molar-refractivity contribution in [1.29, 1.82) is 0 Å². The fourth-order valence-electron chi connectivity index (χ4n) is 1.56. The van der Waals surface area contributed by atoms with Gasteiger partial charge >= 0.3 is 10.1 Å². The number of hydrogen-bond donors (Lipinski definition) is 1. The standard InChI is InChI=1S/C14H13BrO4S.C2H6O/c1-20(16,17)19-14-9-12(15)7-8-13(14)18-10-11-5-3-2-4-6-11;1-2-3/h2-9H,10H2,1H3;3H,2H2,1H3. The van der Waals surface area contributed by atoms with Gasteiger partial charge in [0.1, 0.15) is 6.61 Å². The summed E-state index contributed by atoms with van der Waals surface area (Å²) < 4.78 is 33.7. The van der Waals surface area contributed by atoms with Crippen LogP contribution >= 0.6 is 15.9 Å². The van der Waals surface area contributed by atoms with Crippen molar-refractivity contribution in [2.75, 3.05) is 12.9 Å². The van der Waals surface area contributed by atoms with Crippen molar-refractivity contribution in [3.05, 3.63) is 58.6 Å². The van der Waals surface area contributed by atoms with Crippen LogP contribution in [0.1, 0.15) is 12.5 Å². The Morgan fingerprint density at radius 2 is 1.70 bits per heavy atom. The lowest BCUT2D eigenvalue weighted by Gasteiger charge is -2.11. The first-order valence-corrected chi connectivity index (χ1v) is 9.43. The van der Waals surface area contributed by atoms with Crippen molar-refractivity contribution in [1.82, 2.24) is 0 Å². The average Bonchev–Trinajstić information content (AvgIpc) is 2.47. The van der Waals surface area contributed by atoms with Gasteiger partial charge in [0, 0.05) is 11.1 Å². The summed E-state index contributed by atoms with van der Waals surface area (Å²) in [4.78, 5) is 0. The van der Waals surface area contributed by atoms with Crippen molar-refractivity contribution < 1.29 is 22.4 Å². The van der Waals surface area contributed by atoms with E-state index in [9.17, 15) is 8.42 Å². The van der Waals surface area contributed by atoms with Gasteiger partial charge in [0.05, 0.1) is 6.26 Å². The Morgan fingerprint density at radius 1 is 1.09 bits per heavy atom. The van der Waals surface area contributed by atoms with Crippen molar-refractivity contribution in [2.24, 2.45) is 0 Å². The summed E-state index contributed by atoms with van der Waals surface area (Å²) >= 11 is 3.27. The van der Waals surface area contributed by atoms with E-state index < -0.39 is 10.1 Å². The highest BCUT2D eigenvalue weighted by Crippen LogP contribution is 2.32. The zero-order valence-electron chi connectivity index (χ0n) is 12.9. The van der Waals surface area contributed by atoms with E-state index >= 15 is 0 Å². The molecule has 0 bridgehead atoms. The molecule has 0 saturated heterocycles. The maximum Gasteiger partial charge on any atom is 0.306 e. The molecule has 7 heteroatoms. The van der Waals surface area contributed by atoms with Gasteiger partial charge in [-0.15, -0.1) is 0 Å². The maximum atomic E-state index is 11.2. The molecule has 0 fully saturated rings. The number of halogens is 1. The second-order valence-corrected chi connectivity index (χ2v) is 6.96. The third-order valence-electron chi connectivity index (χ3n) is 2.38. The van der Waals surface area contributed by atoms with E-state index in [1.54, 1.807) is 25.1 Å². The molecule has 0 spiro atoms. The van der Waals surface area contributed by atoms with Crippen molar-refractivity contribution in [3.8, 4) is 11.5 Å². The lowest BCUT2D eigenvalue weighted by atomic mass is 10.2. The predicted octanol–water partition coefficient (Wildman–Crippen LogP) is 3.37. The molecule has 23 heavy (non-hydrogen) atoms. The highest BCUT2D eigenvalue weighted by atomic mass is 79.9. The topological polar surface area (TPSA) is 72.8 Å². The molecule has 0 radical (unpaired) electrons. The molecule has 0 saturated carbocycles. The van der Waals surface area contributed by atoms with E-state index in [4.69, 9.17) is 14.0 Å². The van der Waals surface area contributed by atoms with Crippen LogP contribution in [-0.2, 0) is 16.7 Å². The maximum absolute atomic E-state index is 11.2. The molecule has 0 aliphatic rings. The second-order valence-electron chi connectivity index (χ2n) is 4.47. The van der Waals surface area contributed by atoms with E-state index in [2.05, 4.69) is 15.9 Å². The van der Waals surface area contributed by atoms with E-state index in [0.717, 1.165) is 11.8 Å². The van der Waals surface area contributed by atoms with E-state index in [1.807, 2.05) is 30.3 Å². The average molecular weight is 403 g/mol. The first-order valence-electron chi connectivity index (χ1n) is 6.82. The van der Waals surface area contributed by atoms with Gasteiger partial charge in [-0.25, -0.2) is 0 Å². The van der Waals surface area contributed by atoms with Crippen LogP contribution in [0, 0.1) is 0 Å². The Hall–Kier alpha value is -1.57. The molecule has 0 atom stereocenters. The van der Waals surface area contributed by atoms with Crippen LogP contribution in [0.5, 0.6) is 11.5 Å².